The van der Waals surface area contributed by atoms with Crippen LogP contribution in [0.25, 0.3) is 0 Å². The van der Waals surface area contributed by atoms with Crippen LogP contribution in [0.4, 0.5) is 0 Å². The summed E-state index contributed by atoms with van der Waals surface area (Å²) in [4.78, 5) is 22.5. The van der Waals surface area contributed by atoms with E-state index < -0.39 is 12.1 Å². The van der Waals surface area contributed by atoms with Gasteiger partial charge in [0.2, 0.25) is 0 Å². The highest BCUT2D eigenvalue weighted by Crippen LogP contribution is 2.36. The smallest absolute Gasteiger partial charge is 0.328 e. The Kier molecular flexibility index (Phi) is 10.3. The summed E-state index contributed by atoms with van der Waals surface area (Å²) in [5, 5.41) is 28.7. The molecule has 0 spiro atoms. The zero-order chi connectivity index (χ0) is 18.7. The average molecular weight is 352 g/mol. The lowest BCUT2D eigenvalue weighted by atomic mass is 9.85. The van der Waals surface area contributed by atoms with Crippen molar-refractivity contribution in [1.29, 1.82) is 0 Å². The molecule has 0 radical (unpaired) electrons. The van der Waals surface area contributed by atoms with Gasteiger partial charge in [-0.25, -0.2) is 4.79 Å². The molecule has 5 heteroatoms. The normalized spacial score (nSPS) is 25.2. The molecule has 1 unspecified atom stereocenters. The summed E-state index contributed by atoms with van der Waals surface area (Å²) < 4.78 is 0. The molecule has 1 aliphatic rings. The highest BCUT2D eigenvalue weighted by atomic mass is 16.4. The van der Waals surface area contributed by atoms with Gasteiger partial charge in [-0.15, -0.1) is 0 Å². The fourth-order valence-electron chi connectivity index (χ4n) is 3.53. The van der Waals surface area contributed by atoms with Gasteiger partial charge in [-0.2, -0.15) is 0 Å². The third-order valence-corrected chi connectivity index (χ3v) is 4.94. The van der Waals surface area contributed by atoms with Crippen LogP contribution in [-0.2, 0) is 9.59 Å². The lowest BCUT2D eigenvalue weighted by Crippen LogP contribution is -2.22. The van der Waals surface area contributed by atoms with E-state index >= 15 is 0 Å². The molecule has 0 aromatic heterocycles. The van der Waals surface area contributed by atoms with E-state index in [1.54, 1.807) is 6.08 Å². The lowest BCUT2D eigenvalue weighted by Gasteiger charge is -2.21. The summed E-state index contributed by atoms with van der Waals surface area (Å²) in [7, 11) is 0. The molecule has 4 atom stereocenters. The maximum atomic E-state index is 12.1. The van der Waals surface area contributed by atoms with Crippen molar-refractivity contribution in [2.45, 2.75) is 76.9 Å². The number of hydrogen-bond donors (Lipinski definition) is 3. The second kappa shape index (κ2) is 12.0. The maximum absolute atomic E-state index is 12.1. The fraction of sp³-hybridized carbons (Fsp3) is 0.700. The summed E-state index contributed by atoms with van der Waals surface area (Å²) >= 11 is 0. The first-order valence-electron chi connectivity index (χ1n) is 9.40. The summed E-state index contributed by atoms with van der Waals surface area (Å²) in [5.74, 6) is -1.12. The Morgan fingerprint density at radius 1 is 1.24 bits per heavy atom. The quantitative estimate of drug-likeness (QED) is 0.285. The number of Topliss-reactive ketones (excluding diaryl/α,β-unsaturated/α-hetero) is 1. The largest absolute Gasteiger partial charge is 0.478 e. The number of carboxylic acids is 1. The van der Waals surface area contributed by atoms with E-state index in [0.29, 0.717) is 25.7 Å². The summed E-state index contributed by atoms with van der Waals surface area (Å²) in [5.41, 5.74) is 0. The Morgan fingerprint density at radius 2 is 2.00 bits per heavy atom. The van der Waals surface area contributed by atoms with Gasteiger partial charge >= 0.3 is 5.97 Å². The third kappa shape index (κ3) is 8.45. The van der Waals surface area contributed by atoms with Gasteiger partial charge in [-0.3, -0.25) is 4.79 Å². The van der Waals surface area contributed by atoms with E-state index in [1.165, 1.54) is 6.08 Å². The first-order valence-corrected chi connectivity index (χ1v) is 9.40. The highest BCUT2D eigenvalue weighted by Gasteiger charge is 2.40. The van der Waals surface area contributed by atoms with Gasteiger partial charge in [0.05, 0.1) is 12.2 Å². The van der Waals surface area contributed by atoms with E-state index in [1.807, 2.05) is 6.08 Å². The Balaban J connectivity index is 2.42. The standard InChI is InChI=1S/C20H32O5/c1-2-3-6-9-15(21)12-13-17-16(18(22)14-19(17)23)10-7-4-5-8-11-20(24)25/h4-5,8,11,15-18,21-22H,2-3,6-7,9-10,12-14H2,1H3,(H,24,25)/b5-4-,11-8+/t15?,16-,17-,18+/m1/s1. The van der Waals surface area contributed by atoms with E-state index in [0.717, 1.165) is 31.8 Å². The van der Waals surface area contributed by atoms with Gasteiger partial charge in [0.1, 0.15) is 5.78 Å². The predicted octanol–water partition coefficient (Wildman–Crippen LogP) is 3.25. The van der Waals surface area contributed by atoms with Gasteiger partial charge in [0.15, 0.2) is 0 Å². The molecule has 3 N–H and O–H groups in total. The predicted molar refractivity (Wildman–Crippen MR) is 97.1 cm³/mol. The van der Waals surface area contributed by atoms with Crippen LogP contribution in [0.5, 0.6) is 0 Å². The molecule has 0 amide bonds. The number of ketones is 1. The number of aliphatic hydroxyl groups excluding tert-OH is 2. The molecule has 5 nitrogen and oxygen atoms in total. The molecule has 0 aromatic carbocycles. The number of carbonyl (C=O) groups excluding carboxylic acids is 1. The highest BCUT2D eigenvalue weighted by molar-refractivity contribution is 5.84. The van der Waals surface area contributed by atoms with Gasteiger partial charge in [-0.05, 0) is 38.0 Å². The van der Waals surface area contributed by atoms with Crippen molar-refractivity contribution in [2.24, 2.45) is 11.8 Å². The molecule has 142 valence electrons. The maximum Gasteiger partial charge on any atom is 0.328 e. The molecule has 0 bridgehead atoms. The van der Waals surface area contributed by atoms with E-state index in [9.17, 15) is 19.8 Å². The number of aliphatic carboxylic acids is 1. The van der Waals surface area contributed by atoms with E-state index in [4.69, 9.17) is 5.11 Å². The van der Waals surface area contributed by atoms with Crippen molar-refractivity contribution in [2.75, 3.05) is 0 Å². The number of carbonyl (C=O) groups is 2. The van der Waals surface area contributed by atoms with Crippen molar-refractivity contribution in [1.82, 2.24) is 0 Å². The summed E-state index contributed by atoms with van der Waals surface area (Å²) in [6.45, 7) is 2.13. The first kappa shape index (κ1) is 21.6. The van der Waals surface area contributed by atoms with Gasteiger partial charge in [0, 0.05) is 18.4 Å². The molecule has 0 heterocycles. The molecular weight excluding hydrogens is 320 g/mol. The zero-order valence-electron chi connectivity index (χ0n) is 15.1. The van der Waals surface area contributed by atoms with Crippen LogP contribution in [-0.4, -0.2) is 39.3 Å². The molecule has 1 fully saturated rings. The van der Waals surface area contributed by atoms with Crippen LogP contribution in [0.2, 0.25) is 0 Å². The minimum Gasteiger partial charge on any atom is -0.478 e. The van der Waals surface area contributed by atoms with Crippen LogP contribution in [0.15, 0.2) is 24.3 Å². The minimum absolute atomic E-state index is 0.0663. The van der Waals surface area contributed by atoms with Crippen LogP contribution in [0.3, 0.4) is 0 Å². The number of carboxylic acid groups (broad SMARTS) is 1. The van der Waals surface area contributed by atoms with Crippen molar-refractivity contribution in [3.8, 4) is 0 Å². The Bertz CT molecular complexity index is 469. The molecule has 1 saturated carbocycles. The van der Waals surface area contributed by atoms with E-state index in [2.05, 4.69) is 6.92 Å². The third-order valence-electron chi connectivity index (χ3n) is 4.94. The van der Waals surface area contributed by atoms with Crippen molar-refractivity contribution in [3.05, 3.63) is 24.3 Å². The number of rotatable bonds is 12. The van der Waals surface area contributed by atoms with Crippen molar-refractivity contribution >= 4 is 11.8 Å². The summed E-state index contributed by atoms with van der Waals surface area (Å²) in [6, 6.07) is 0. The number of hydrogen-bond acceptors (Lipinski definition) is 4. The molecule has 1 rings (SSSR count). The molecule has 0 saturated heterocycles. The zero-order valence-corrected chi connectivity index (χ0v) is 15.1. The van der Waals surface area contributed by atoms with Crippen LogP contribution in [0.1, 0.15) is 64.7 Å². The lowest BCUT2D eigenvalue weighted by molar-refractivity contribution is -0.131. The van der Waals surface area contributed by atoms with Gasteiger partial charge in [0.25, 0.3) is 0 Å². The Morgan fingerprint density at radius 3 is 2.68 bits per heavy atom. The second-order valence-corrected chi connectivity index (χ2v) is 6.94. The molecule has 1 aliphatic carbocycles. The minimum atomic E-state index is -0.987. The Labute approximate surface area is 150 Å². The second-order valence-electron chi connectivity index (χ2n) is 6.94. The van der Waals surface area contributed by atoms with Crippen molar-refractivity contribution in [3.63, 3.8) is 0 Å². The average Bonchev–Trinajstić information content (AvgIpc) is 2.82. The number of unbranched alkanes of at least 4 members (excludes halogenated alkanes) is 2. The number of aliphatic hydroxyl groups is 2. The first-order chi connectivity index (χ1) is 12.0. The molecule has 25 heavy (non-hydrogen) atoms. The SMILES string of the molecule is CCCCCC(O)CC[C@H]1C(=O)C[C@H](O)[C@@H]1CC/C=C\C=C\C(=O)O. The number of allylic oxidation sites excluding steroid dienone is 3. The van der Waals surface area contributed by atoms with E-state index in [-0.39, 0.29) is 30.1 Å². The Hall–Kier alpha value is -1.46. The van der Waals surface area contributed by atoms with Crippen LogP contribution >= 0.6 is 0 Å². The fourth-order valence-corrected chi connectivity index (χ4v) is 3.53. The van der Waals surface area contributed by atoms with Crippen molar-refractivity contribution < 1.29 is 24.9 Å². The molecule has 0 aromatic rings. The van der Waals surface area contributed by atoms with Gasteiger partial charge in [-0.1, -0.05) is 44.4 Å². The summed E-state index contributed by atoms with van der Waals surface area (Å²) in [6.07, 6.45) is 12.0. The van der Waals surface area contributed by atoms with Gasteiger partial charge < -0.3 is 15.3 Å². The van der Waals surface area contributed by atoms with Crippen LogP contribution in [0, 0.1) is 11.8 Å². The topological polar surface area (TPSA) is 94.8 Å². The van der Waals surface area contributed by atoms with Crippen LogP contribution < -0.4 is 0 Å². The monoisotopic (exact) mass is 352 g/mol. The molecule has 0 aliphatic heterocycles. The molecular formula is C20H32O5.